The highest BCUT2D eigenvalue weighted by Crippen LogP contribution is 2.42. The summed E-state index contributed by atoms with van der Waals surface area (Å²) in [7, 11) is 0. The van der Waals surface area contributed by atoms with Crippen molar-refractivity contribution >= 4 is 49.9 Å². The first-order valence-electron chi connectivity index (χ1n) is 19.5. The molecule has 0 aliphatic rings. The largest absolute Gasteiger partial charge is 0.455 e. The smallest absolute Gasteiger partial charge is 0.161 e. The van der Waals surface area contributed by atoms with E-state index < -0.39 is 0 Å². The van der Waals surface area contributed by atoms with Crippen molar-refractivity contribution in [3.63, 3.8) is 0 Å². The van der Waals surface area contributed by atoms with E-state index in [1.165, 1.54) is 0 Å². The monoisotopic (exact) mass is 747 g/mol. The van der Waals surface area contributed by atoms with E-state index >= 15 is 0 Å². The Bertz CT molecular complexity index is 3080. The fraction of sp³-hybridized carbons (Fsp3) is 0.0377. The zero-order valence-electron chi connectivity index (χ0n) is 31.9. The Morgan fingerprint density at radius 2 is 1.12 bits per heavy atom. The lowest BCUT2D eigenvalue weighted by molar-refractivity contribution is 0.601. The molecule has 7 aromatic carbocycles. The summed E-state index contributed by atoms with van der Waals surface area (Å²) in [5, 5.41) is 2.96. The number of nitrogens with zero attached hydrogens (tertiary/aromatic N) is 3. The lowest BCUT2D eigenvalue weighted by atomic mass is 9.98. The van der Waals surface area contributed by atoms with Crippen molar-refractivity contribution in [2.75, 3.05) is 0 Å². The van der Waals surface area contributed by atoms with E-state index in [9.17, 15) is 0 Å². The second-order valence-corrected chi connectivity index (χ2v) is 14.3. The Hall–Kier alpha value is -7.63. The van der Waals surface area contributed by atoms with Gasteiger partial charge >= 0.3 is 0 Å². The maximum absolute atomic E-state index is 6.71. The van der Waals surface area contributed by atoms with E-state index in [1.54, 1.807) is 0 Å². The van der Waals surface area contributed by atoms with Crippen LogP contribution < -0.4 is 0 Å². The van der Waals surface area contributed by atoms with Crippen LogP contribution in [0.4, 0.5) is 5.69 Å². The van der Waals surface area contributed by atoms with Crippen LogP contribution in [0.25, 0.3) is 83.5 Å². The Balaban J connectivity index is 1.05. The number of furan rings is 2. The molecule has 0 fully saturated rings. The third kappa shape index (κ3) is 6.29. The third-order valence-corrected chi connectivity index (χ3v) is 10.7. The number of aliphatic imine (C=N–C) groups is 1. The number of fused-ring (bicyclic) bond motifs is 4. The Kier molecular flexibility index (Phi) is 8.88. The van der Waals surface area contributed by atoms with Crippen LogP contribution in [0.15, 0.2) is 202 Å². The maximum atomic E-state index is 6.71. The van der Waals surface area contributed by atoms with Crippen molar-refractivity contribution in [1.82, 2.24) is 9.97 Å². The Labute approximate surface area is 336 Å². The molecule has 0 aliphatic heterocycles. The molecule has 10 rings (SSSR count). The van der Waals surface area contributed by atoms with E-state index in [0.717, 1.165) is 107 Å². The molecular formula is C53H37N3O2. The van der Waals surface area contributed by atoms with Crippen LogP contribution in [0.2, 0.25) is 0 Å². The molecule has 3 heterocycles. The lowest BCUT2D eigenvalue weighted by Crippen LogP contribution is -1.99. The van der Waals surface area contributed by atoms with Crippen LogP contribution in [-0.4, -0.2) is 15.7 Å². The normalized spacial score (nSPS) is 11.8. The number of aromatic nitrogens is 2. The van der Waals surface area contributed by atoms with Crippen LogP contribution >= 0.6 is 0 Å². The van der Waals surface area contributed by atoms with Crippen molar-refractivity contribution in [3.05, 3.63) is 205 Å². The van der Waals surface area contributed by atoms with E-state index in [1.807, 2.05) is 97.1 Å². The van der Waals surface area contributed by atoms with Gasteiger partial charge in [0.15, 0.2) is 11.6 Å². The molecule has 5 nitrogen and oxygen atoms in total. The standard InChI is InChI=1S/C53H37N3O2/c1-3-44(54-50-41-23-13-14-27-47(41)57-51(50)34(2)35-17-7-4-8-18-35)39-31-29-36(30-32-39)40-24-15-25-42-49-43(26-16-28-48(49)58-52(40)42)53-55-45(37-19-9-5-10-20-37)33-46(56-53)38-21-11-6-12-22-38/h4-33H,2-3H2,1H3. The van der Waals surface area contributed by atoms with Gasteiger partial charge in [0.05, 0.1) is 11.4 Å². The van der Waals surface area contributed by atoms with E-state index in [2.05, 4.69) is 98.4 Å². The second-order valence-electron chi connectivity index (χ2n) is 14.3. The molecule has 0 saturated heterocycles. The summed E-state index contributed by atoms with van der Waals surface area (Å²) in [5.74, 6) is 1.33. The lowest BCUT2D eigenvalue weighted by Gasteiger charge is -2.10. The number of hydrogen-bond acceptors (Lipinski definition) is 5. The van der Waals surface area contributed by atoms with Gasteiger partial charge in [-0.05, 0) is 47.4 Å². The molecule has 0 saturated carbocycles. The summed E-state index contributed by atoms with van der Waals surface area (Å²) in [6.45, 7) is 6.55. The number of benzene rings is 7. The summed E-state index contributed by atoms with van der Waals surface area (Å²) in [6.07, 6.45) is 0.734. The average Bonchev–Trinajstić information content (AvgIpc) is 3.87. The van der Waals surface area contributed by atoms with Crippen LogP contribution in [-0.2, 0) is 0 Å². The van der Waals surface area contributed by atoms with Crippen molar-refractivity contribution in [2.45, 2.75) is 13.3 Å². The minimum Gasteiger partial charge on any atom is -0.455 e. The number of rotatable bonds is 9. The van der Waals surface area contributed by atoms with Gasteiger partial charge in [-0.15, -0.1) is 0 Å². The van der Waals surface area contributed by atoms with Gasteiger partial charge < -0.3 is 8.83 Å². The first-order valence-corrected chi connectivity index (χ1v) is 19.5. The topological polar surface area (TPSA) is 64.4 Å². The zero-order chi connectivity index (χ0) is 39.0. The van der Waals surface area contributed by atoms with Gasteiger partial charge in [-0.3, -0.25) is 0 Å². The number of hydrogen-bond donors (Lipinski definition) is 0. The summed E-state index contributed by atoms with van der Waals surface area (Å²) >= 11 is 0. The summed E-state index contributed by atoms with van der Waals surface area (Å²) in [6, 6.07) is 61.8. The van der Waals surface area contributed by atoms with Gasteiger partial charge in [0.1, 0.15) is 22.4 Å². The highest BCUT2D eigenvalue weighted by Gasteiger charge is 2.21. The molecule has 0 unspecified atom stereocenters. The summed E-state index contributed by atoms with van der Waals surface area (Å²) in [5.41, 5.74) is 13.7. The fourth-order valence-electron chi connectivity index (χ4n) is 7.79. The summed E-state index contributed by atoms with van der Waals surface area (Å²) < 4.78 is 13.1. The Morgan fingerprint density at radius 3 is 1.81 bits per heavy atom. The molecule has 0 N–H and O–H groups in total. The molecule has 276 valence electrons. The zero-order valence-corrected chi connectivity index (χ0v) is 31.9. The fourth-order valence-corrected chi connectivity index (χ4v) is 7.79. The predicted octanol–water partition coefficient (Wildman–Crippen LogP) is 14.4. The first kappa shape index (κ1) is 34.8. The highest BCUT2D eigenvalue weighted by molar-refractivity contribution is 6.15. The first-order chi connectivity index (χ1) is 28.6. The second kappa shape index (κ2) is 14.8. The molecule has 0 bridgehead atoms. The van der Waals surface area contributed by atoms with Gasteiger partial charge in [-0.1, -0.05) is 171 Å². The van der Waals surface area contributed by atoms with Crippen LogP contribution in [0, 0.1) is 0 Å². The van der Waals surface area contributed by atoms with E-state index in [4.69, 9.17) is 23.8 Å². The molecule has 0 radical (unpaired) electrons. The van der Waals surface area contributed by atoms with Crippen molar-refractivity contribution in [3.8, 4) is 45.0 Å². The number of para-hydroxylation sites is 2. The minimum atomic E-state index is 0.649. The van der Waals surface area contributed by atoms with Gasteiger partial charge in [-0.25, -0.2) is 15.0 Å². The highest BCUT2D eigenvalue weighted by atomic mass is 16.3. The van der Waals surface area contributed by atoms with Gasteiger partial charge in [-0.2, -0.15) is 0 Å². The maximum Gasteiger partial charge on any atom is 0.161 e. The molecule has 0 aliphatic carbocycles. The van der Waals surface area contributed by atoms with E-state index in [-0.39, 0.29) is 0 Å². The average molecular weight is 748 g/mol. The van der Waals surface area contributed by atoms with Crippen LogP contribution in [0.1, 0.15) is 30.2 Å². The molecule has 5 heteroatoms. The molecule has 10 aromatic rings. The summed E-state index contributed by atoms with van der Waals surface area (Å²) in [4.78, 5) is 15.6. The van der Waals surface area contributed by atoms with Crippen molar-refractivity contribution in [2.24, 2.45) is 4.99 Å². The molecular weight excluding hydrogens is 711 g/mol. The predicted molar refractivity (Wildman–Crippen MR) is 238 cm³/mol. The van der Waals surface area contributed by atoms with Gasteiger partial charge in [0.2, 0.25) is 0 Å². The molecule has 58 heavy (non-hydrogen) atoms. The van der Waals surface area contributed by atoms with Crippen molar-refractivity contribution < 1.29 is 8.83 Å². The van der Waals surface area contributed by atoms with Crippen molar-refractivity contribution in [1.29, 1.82) is 0 Å². The Morgan fingerprint density at radius 1 is 0.534 bits per heavy atom. The molecule has 0 amide bonds. The minimum absolute atomic E-state index is 0.649. The van der Waals surface area contributed by atoms with Gasteiger partial charge in [0, 0.05) is 49.7 Å². The van der Waals surface area contributed by atoms with Crippen LogP contribution in [0.3, 0.4) is 0 Å². The van der Waals surface area contributed by atoms with Gasteiger partial charge in [0.25, 0.3) is 0 Å². The molecule has 0 atom stereocenters. The third-order valence-electron chi connectivity index (χ3n) is 10.7. The quantitative estimate of drug-likeness (QED) is 0.138. The van der Waals surface area contributed by atoms with Crippen LogP contribution in [0.5, 0.6) is 0 Å². The molecule has 3 aromatic heterocycles. The molecule has 0 spiro atoms. The SMILES string of the molecule is C=C(c1ccccc1)c1oc2ccccc2c1N=C(CC)c1ccc(-c2cccc3c2oc2cccc(-c4nc(-c5ccccc5)cc(-c5ccccc5)n4)c23)cc1. The van der Waals surface area contributed by atoms with E-state index in [0.29, 0.717) is 11.6 Å².